The molecule has 0 atom stereocenters. The van der Waals surface area contributed by atoms with E-state index >= 15 is 0 Å². The number of alkyl halides is 4. The highest BCUT2D eigenvalue weighted by Crippen LogP contribution is 2.32. The first-order valence-corrected chi connectivity index (χ1v) is 6.56. The van der Waals surface area contributed by atoms with Crippen LogP contribution in [0, 0.1) is 5.82 Å². The van der Waals surface area contributed by atoms with E-state index in [4.69, 9.17) is 0 Å². The van der Waals surface area contributed by atoms with Crippen LogP contribution in [-0.4, -0.2) is 0 Å². The normalized spacial score (nSPS) is 11.6. The van der Waals surface area contributed by atoms with Crippen LogP contribution in [0.3, 0.4) is 0 Å². The molecular weight excluding hydrogens is 324 g/mol. The quantitative estimate of drug-likeness (QED) is 0.509. The second-order valence-corrected chi connectivity index (χ2v) is 4.54. The zero-order valence-corrected chi connectivity index (χ0v) is 11.2. The van der Waals surface area contributed by atoms with Gasteiger partial charge in [-0.05, 0) is 29.3 Å². The lowest BCUT2D eigenvalue weighted by atomic mass is 9.99. The van der Waals surface area contributed by atoms with Gasteiger partial charge in [0.1, 0.15) is 5.82 Å². The maximum atomic E-state index is 13.6. The fourth-order valence-corrected chi connectivity index (χ4v) is 2.37. The predicted octanol–water partition coefficient (Wildman–Crippen LogP) is 5.41. The Morgan fingerprint density at radius 3 is 2.11 bits per heavy atom. The third-order valence-corrected chi connectivity index (χ3v) is 3.34. The number of halogens is 5. The minimum atomic E-state index is -4.36. The van der Waals surface area contributed by atoms with Gasteiger partial charge in [-0.1, -0.05) is 40.2 Å². The van der Waals surface area contributed by atoms with Crippen molar-refractivity contribution in [2.45, 2.75) is 11.5 Å². The lowest BCUT2D eigenvalue weighted by molar-refractivity contribution is -0.137. The second kappa shape index (κ2) is 5.33. The molecule has 0 saturated heterocycles. The van der Waals surface area contributed by atoms with Crippen LogP contribution in [0.5, 0.6) is 0 Å². The lowest BCUT2D eigenvalue weighted by Gasteiger charge is -2.10. The van der Waals surface area contributed by atoms with Crippen LogP contribution in [0.15, 0.2) is 42.5 Å². The van der Waals surface area contributed by atoms with E-state index in [0.29, 0.717) is 22.0 Å². The first kappa shape index (κ1) is 14.1. The number of rotatable bonds is 2. The Morgan fingerprint density at radius 2 is 1.58 bits per heavy atom. The molecule has 0 nitrogen and oxygen atoms in total. The van der Waals surface area contributed by atoms with Gasteiger partial charge in [0.25, 0.3) is 0 Å². The molecule has 0 heterocycles. The van der Waals surface area contributed by atoms with E-state index in [9.17, 15) is 17.6 Å². The fraction of sp³-hybridized carbons (Fsp3) is 0.143. The van der Waals surface area contributed by atoms with Crippen molar-refractivity contribution in [3.63, 3.8) is 0 Å². The van der Waals surface area contributed by atoms with Gasteiger partial charge in [0, 0.05) is 10.9 Å². The molecule has 2 aromatic rings. The van der Waals surface area contributed by atoms with Crippen molar-refractivity contribution in [1.29, 1.82) is 0 Å². The molecule has 0 fully saturated rings. The van der Waals surface area contributed by atoms with Gasteiger partial charge in [-0.15, -0.1) is 0 Å². The van der Waals surface area contributed by atoms with Gasteiger partial charge in [-0.2, -0.15) is 13.2 Å². The summed E-state index contributed by atoms with van der Waals surface area (Å²) in [5.74, 6) is -0.380. The van der Waals surface area contributed by atoms with Crippen LogP contribution in [0.1, 0.15) is 11.1 Å². The second-order valence-electron chi connectivity index (χ2n) is 3.97. The van der Waals surface area contributed by atoms with Gasteiger partial charge in [-0.3, -0.25) is 0 Å². The van der Waals surface area contributed by atoms with E-state index in [0.717, 1.165) is 12.1 Å². The molecule has 0 aliphatic heterocycles. The molecule has 2 aromatic carbocycles. The predicted molar refractivity (Wildman–Crippen MR) is 69.5 cm³/mol. The molecule has 5 heteroatoms. The molecule has 0 aliphatic rings. The number of benzene rings is 2. The Balaban J connectivity index is 2.46. The van der Waals surface area contributed by atoms with Gasteiger partial charge >= 0.3 is 6.18 Å². The highest BCUT2D eigenvalue weighted by molar-refractivity contribution is 9.08. The molecule has 2 rings (SSSR count). The minimum absolute atomic E-state index is 0.302. The molecule has 0 saturated carbocycles. The molecule has 19 heavy (non-hydrogen) atoms. The summed E-state index contributed by atoms with van der Waals surface area (Å²) in [6, 6.07) is 9.24. The molecule has 0 amide bonds. The monoisotopic (exact) mass is 332 g/mol. The Morgan fingerprint density at radius 1 is 0.947 bits per heavy atom. The molecular formula is C14H9BrF4. The van der Waals surface area contributed by atoms with E-state index in [-0.39, 0.29) is 5.82 Å². The maximum Gasteiger partial charge on any atom is 0.416 e. The van der Waals surface area contributed by atoms with E-state index in [2.05, 4.69) is 15.9 Å². The van der Waals surface area contributed by atoms with Crippen molar-refractivity contribution in [2.75, 3.05) is 0 Å². The highest BCUT2D eigenvalue weighted by Gasteiger charge is 2.30. The highest BCUT2D eigenvalue weighted by atomic mass is 79.9. The summed E-state index contributed by atoms with van der Waals surface area (Å²) in [4.78, 5) is 0. The smallest absolute Gasteiger partial charge is 0.207 e. The molecule has 0 aromatic heterocycles. The molecule has 0 radical (unpaired) electrons. The van der Waals surface area contributed by atoms with Gasteiger partial charge in [-0.25, -0.2) is 4.39 Å². The summed E-state index contributed by atoms with van der Waals surface area (Å²) < 4.78 is 51.0. The van der Waals surface area contributed by atoms with Gasteiger partial charge in [0.15, 0.2) is 0 Å². The molecule has 0 unspecified atom stereocenters. The zero-order valence-electron chi connectivity index (χ0n) is 9.64. The van der Waals surface area contributed by atoms with Crippen LogP contribution in [0.25, 0.3) is 11.1 Å². The van der Waals surface area contributed by atoms with Gasteiger partial charge < -0.3 is 0 Å². The Kier molecular flexibility index (Phi) is 3.94. The number of hydrogen-bond donors (Lipinski definition) is 0. The van der Waals surface area contributed by atoms with Crippen LogP contribution < -0.4 is 0 Å². The van der Waals surface area contributed by atoms with E-state index < -0.39 is 11.7 Å². The largest absolute Gasteiger partial charge is 0.416 e. The third kappa shape index (κ3) is 2.97. The van der Waals surface area contributed by atoms with E-state index in [1.807, 2.05) is 0 Å². The first-order chi connectivity index (χ1) is 8.93. The van der Waals surface area contributed by atoms with Crippen LogP contribution in [0.4, 0.5) is 17.6 Å². The summed E-state index contributed by atoms with van der Waals surface area (Å²) in [5, 5.41) is 0.302. The Hall–Kier alpha value is -1.36. The van der Waals surface area contributed by atoms with Gasteiger partial charge in [0.2, 0.25) is 0 Å². The summed E-state index contributed by atoms with van der Waals surface area (Å²) in [6.45, 7) is 0. The molecule has 0 aliphatic carbocycles. The summed E-state index contributed by atoms with van der Waals surface area (Å²) in [7, 11) is 0. The van der Waals surface area contributed by atoms with Crippen LogP contribution >= 0.6 is 15.9 Å². The Bertz CT molecular complexity index is 573. The van der Waals surface area contributed by atoms with Crippen molar-refractivity contribution >= 4 is 15.9 Å². The van der Waals surface area contributed by atoms with Crippen molar-refractivity contribution in [2.24, 2.45) is 0 Å². The molecule has 100 valence electrons. The van der Waals surface area contributed by atoms with Crippen molar-refractivity contribution in [1.82, 2.24) is 0 Å². The summed E-state index contributed by atoms with van der Waals surface area (Å²) in [6.07, 6.45) is -4.36. The molecule has 0 bridgehead atoms. The molecule has 0 N–H and O–H groups in total. The standard InChI is InChI=1S/C14H9BrF4/c15-8-12-11(2-1-3-13(12)16)9-4-6-10(7-5-9)14(17,18)19/h1-7H,8H2. The average Bonchev–Trinajstić information content (AvgIpc) is 2.37. The minimum Gasteiger partial charge on any atom is -0.207 e. The maximum absolute atomic E-state index is 13.6. The van der Waals surface area contributed by atoms with Crippen LogP contribution in [0.2, 0.25) is 0 Å². The SMILES string of the molecule is Fc1cccc(-c2ccc(C(F)(F)F)cc2)c1CBr. The Labute approximate surface area is 116 Å². The van der Waals surface area contributed by atoms with E-state index in [1.54, 1.807) is 6.07 Å². The van der Waals surface area contributed by atoms with Crippen LogP contribution in [-0.2, 0) is 11.5 Å². The first-order valence-electron chi connectivity index (χ1n) is 5.44. The van der Waals surface area contributed by atoms with Crippen molar-refractivity contribution < 1.29 is 17.6 Å². The molecule has 0 spiro atoms. The average molecular weight is 333 g/mol. The van der Waals surface area contributed by atoms with Gasteiger partial charge in [0.05, 0.1) is 5.56 Å². The third-order valence-electron chi connectivity index (χ3n) is 2.78. The zero-order chi connectivity index (χ0) is 14.0. The van der Waals surface area contributed by atoms with Crippen molar-refractivity contribution in [3.8, 4) is 11.1 Å². The fourth-order valence-electron chi connectivity index (χ4n) is 1.80. The topological polar surface area (TPSA) is 0 Å². The summed E-state index contributed by atoms with van der Waals surface area (Å²) in [5.41, 5.74) is 0.864. The summed E-state index contributed by atoms with van der Waals surface area (Å²) >= 11 is 3.18. The lowest BCUT2D eigenvalue weighted by Crippen LogP contribution is -2.04. The number of hydrogen-bond acceptors (Lipinski definition) is 0. The van der Waals surface area contributed by atoms with Crippen molar-refractivity contribution in [3.05, 3.63) is 59.4 Å². The van der Waals surface area contributed by atoms with E-state index in [1.165, 1.54) is 24.3 Å².